The topological polar surface area (TPSA) is 50.9 Å². The summed E-state index contributed by atoms with van der Waals surface area (Å²) in [4.78, 5) is 0. The Morgan fingerprint density at radius 3 is 2.40 bits per heavy atom. The lowest BCUT2D eigenvalue weighted by molar-refractivity contribution is -0.124. The minimum atomic E-state index is -0.363. The summed E-state index contributed by atoms with van der Waals surface area (Å²) in [5.74, 6) is 2.60. The molecule has 1 aromatic heterocycles. The van der Waals surface area contributed by atoms with Crippen molar-refractivity contribution in [3.63, 3.8) is 0 Å². The molecule has 4 fully saturated rings. The fourth-order valence-corrected chi connectivity index (χ4v) is 5.69. The number of aliphatic hydroxyl groups excluding tert-OH is 1. The highest BCUT2D eigenvalue weighted by atomic mass is 16.3. The SMILES string of the molecule is CCCn1nncc1C(O)C12CC3CC(CC(C3)C1)C2. The molecule has 1 N–H and O–H groups in total. The summed E-state index contributed by atoms with van der Waals surface area (Å²) >= 11 is 0. The van der Waals surface area contributed by atoms with E-state index >= 15 is 0 Å². The molecule has 4 heteroatoms. The molecule has 4 aliphatic carbocycles. The van der Waals surface area contributed by atoms with Gasteiger partial charge in [0.05, 0.1) is 11.9 Å². The number of nitrogens with zero attached hydrogens (tertiary/aromatic N) is 3. The van der Waals surface area contributed by atoms with Crippen LogP contribution in [0, 0.1) is 23.2 Å². The number of aliphatic hydroxyl groups is 1. The standard InChI is InChI=1S/C16H25N3O/c1-2-3-19-14(10-17-18-19)15(20)16-7-11-4-12(8-16)6-13(5-11)9-16/h10-13,15,20H,2-9H2,1H3. The Hall–Kier alpha value is -0.900. The maximum Gasteiger partial charge on any atom is 0.103 e. The van der Waals surface area contributed by atoms with Crippen molar-refractivity contribution < 1.29 is 5.11 Å². The highest BCUT2D eigenvalue weighted by molar-refractivity contribution is 5.12. The van der Waals surface area contributed by atoms with Crippen LogP contribution in [0.3, 0.4) is 0 Å². The van der Waals surface area contributed by atoms with Crippen LogP contribution >= 0.6 is 0 Å². The van der Waals surface area contributed by atoms with Crippen molar-refractivity contribution in [2.75, 3.05) is 0 Å². The summed E-state index contributed by atoms with van der Waals surface area (Å²) in [7, 11) is 0. The van der Waals surface area contributed by atoms with E-state index in [4.69, 9.17) is 0 Å². The van der Waals surface area contributed by atoms with Crippen LogP contribution in [0.25, 0.3) is 0 Å². The van der Waals surface area contributed by atoms with Crippen molar-refractivity contribution in [2.45, 2.75) is 64.5 Å². The maximum atomic E-state index is 11.1. The normalized spacial score (nSPS) is 40.2. The lowest BCUT2D eigenvalue weighted by atomic mass is 9.48. The average Bonchev–Trinajstić information content (AvgIpc) is 2.85. The summed E-state index contributed by atoms with van der Waals surface area (Å²) in [5.41, 5.74) is 1.08. The second-order valence-corrected chi connectivity index (χ2v) is 7.56. The second-order valence-electron chi connectivity index (χ2n) is 7.56. The van der Waals surface area contributed by atoms with E-state index in [1.807, 2.05) is 4.68 Å². The first kappa shape index (κ1) is 12.8. The van der Waals surface area contributed by atoms with Crippen LogP contribution in [-0.2, 0) is 6.54 Å². The maximum absolute atomic E-state index is 11.1. The van der Waals surface area contributed by atoms with E-state index in [0.717, 1.165) is 36.4 Å². The first-order valence-electron chi connectivity index (χ1n) is 8.26. The van der Waals surface area contributed by atoms with Gasteiger partial charge in [0.25, 0.3) is 0 Å². The molecule has 4 aliphatic rings. The Morgan fingerprint density at radius 1 is 1.25 bits per heavy atom. The van der Waals surface area contributed by atoms with Crippen LogP contribution in [0.1, 0.15) is 63.7 Å². The smallest absolute Gasteiger partial charge is 0.103 e. The predicted octanol–water partition coefficient (Wildman–Crippen LogP) is 2.94. The highest BCUT2D eigenvalue weighted by Crippen LogP contribution is 2.63. The van der Waals surface area contributed by atoms with Crippen molar-refractivity contribution in [1.82, 2.24) is 15.0 Å². The van der Waals surface area contributed by atoms with Crippen LogP contribution in [0.15, 0.2) is 6.20 Å². The number of hydrogen-bond donors (Lipinski definition) is 1. The molecule has 4 saturated carbocycles. The van der Waals surface area contributed by atoms with E-state index < -0.39 is 0 Å². The number of aryl methyl sites for hydroxylation is 1. The first-order chi connectivity index (χ1) is 9.70. The van der Waals surface area contributed by atoms with Gasteiger partial charge in [-0.1, -0.05) is 12.1 Å². The van der Waals surface area contributed by atoms with Crippen molar-refractivity contribution in [2.24, 2.45) is 23.2 Å². The summed E-state index contributed by atoms with van der Waals surface area (Å²) in [6, 6.07) is 0. The van der Waals surface area contributed by atoms with Gasteiger partial charge in [0.1, 0.15) is 6.10 Å². The molecular weight excluding hydrogens is 250 g/mol. The minimum Gasteiger partial charge on any atom is -0.386 e. The number of rotatable bonds is 4. The lowest BCUT2D eigenvalue weighted by Crippen LogP contribution is -2.49. The molecule has 1 aromatic rings. The molecule has 0 saturated heterocycles. The molecule has 5 rings (SSSR count). The lowest BCUT2D eigenvalue weighted by Gasteiger charge is -2.58. The van der Waals surface area contributed by atoms with Crippen molar-refractivity contribution in [3.05, 3.63) is 11.9 Å². The zero-order valence-corrected chi connectivity index (χ0v) is 12.3. The summed E-state index contributed by atoms with van der Waals surface area (Å²) in [6.45, 7) is 3.00. The van der Waals surface area contributed by atoms with Gasteiger partial charge in [-0.25, -0.2) is 4.68 Å². The molecule has 0 spiro atoms. The Bertz CT molecular complexity index is 460. The van der Waals surface area contributed by atoms with Gasteiger partial charge in [-0.3, -0.25) is 0 Å². The van der Waals surface area contributed by atoms with Gasteiger partial charge in [-0.05, 0) is 62.7 Å². The molecule has 4 nitrogen and oxygen atoms in total. The van der Waals surface area contributed by atoms with Crippen LogP contribution in [0.5, 0.6) is 0 Å². The molecule has 1 atom stereocenters. The number of hydrogen-bond acceptors (Lipinski definition) is 3. The van der Waals surface area contributed by atoms with E-state index in [2.05, 4.69) is 17.2 Å². The Balaban J connectivity index is 1.64. The molecule has 1 heterocycles. The molecule has 110 valence electrons. The summed E-state index contributed by atoms with van der Waals surface area (Å²) < 4.78 is 1.92. The van der Waals surface area contributed by atoms with Gasteiger partial charge in [-0.2, -0.15) is 0 Å². The molecule has 20 heavy (non-hydrogen) atoms. The first-order valence-corrected chi connectivity index (χ1v) is 8.26. The molecule has 0 aliphatic heterocycles. The second kappa shape index (κ2) is 4.55. The van der Waals surface area contributed by atoms with Crippen molar-refractivity contribution in [3.8, 4) is 0 Å². The Kier molecular flexibility index (Phi) is 2.92. The van der Waals surface area contributed by atoms with Crippen LogP contribution in [0.4, 0.5) is 0 Å². The van der Waals surface area contributed by atoms with Crippen LogP contribution in [-0.4, -0.2) is 20.1 Å². The predicted molar refractivity (Wildman–Crippen MR) is 75.9 cm³/mol. The molecule has 0 radical (unpaired) electrons. The minimum absolute atomic E-state index is 0.127. The summed E-state index contributed by atoms with van der Waals surface area (Å²) in [5, 5.41) is 19.3. The van der Waals surface area contributed by atoms with Crippen molar-refractivity contribution in [1.29, 1.82) is 0 Å². The fraction of sp³-hybridized carbons (Fsp3) is 0.875. The van der Waals surface area contributed by atoms with E-state index in [1.54, 1.807) is 6.20 Å². The van der Waals surface area contributed by atoms with Gasteiger partial charge in [-0.15, -0.1) is 5.10 Å². The third-order valence-electron chi connectivity index (χ3n) is 6.03. The van der Waals surface area contributed by atoms with E-state index in [9.17, 15) is 5.11 Å². The zero-order chi connectivity index (χ0) is 13.7. The third-order valence-corrected chi connectivity index (χ3v) is 6.03. The van der Waals surface area contributed by atoms with Gasteiger partial charge < -0.3 is 5.11 Å². The molecule has 4 bridgehead atoms. The van der Waals surface area contributed by atoms with E-state index in [1.165, 1.54) is 38.5 Å². The number of aromatic nitrogens is 3. The van der Waals surface area contributed by atoms with Gasteiger partial charge in [0, 0.05) is 12.0 Å². The largest absolute Gasteiger partial charge is 0.386 e. The Morgan fingerprint density at radius 2 is 1.85 bits per heavy atom. The molecule has 0 amide bonds. The monoisotopic (exact) mass is 275 g/mol. The Labute approximate surface area is 120 Å². The van der Waals surface area contributed by atoms with Gasteiger partial charge >= 0.3 is 0 Å². The van der Waals surface area contributed by atoms with Crippen LogP contribution < -0.4 is 0 Å². The average molecular weight is 275 g/mol. The molecule has 1 unspecified atom stereocenters. The summed E-state index contributed by atoms with van der Waals surface area (Å²) in [6.07, 6.45) is 10.4. The zero-order valence-electron chi connectivity index (χ0n) is 12.3. The quantitative estimate of drug-likeness (QED) is 0.919. The van der Waals surface area contributed by atoms with E-state index in [-0.39, 0.29) is 11.5 Å². The van der Waals surface area contributed by atoms with Crippen LogP contribution in [0.2, 0.25) is 0 Å². The van der Waals surface area contributed by atoms with Gasteiger partial charge in [0.15, 0.2) is 0 Å². The molecule has 0 aromatic carbocycles. The third kappa shape index (κ3) is 1.84. The van der Waals surface area contributed by atoms with Gasteiger partial charge in [0.2, 0.25) is 0 Å². The van der Waals surface area contributed by atoms with E-state index in [0.29, 0.717) is 0 Å². The fourth-order valence-electron chi connectivity index (χ4n) is 5.69. The molecular formula is C16H25N3O. The van der Waals surface area contributed by atoms with Crippen molar-refractivity contribution >= 4 is 0 Å². The highest BCUT2D eigenvalue weighted by Gasteiger charge is 2.54.